The lowest BCUT2D eigenvalue weighted by atomic mass is 10.0. The predicted octanol–water partition coefficient (Wildman–Crippen LogP) is 4.02. The lowest BCUT2D eigenvalue weighted by molar-refractivity contribution is -0.184. The van der Waals surface area contributed by atoms with Crippen molar-refractivity contribution in [2.75, 3.05) is 13.1 Å². The van der Waals surface area contributed by atoms with E-state index in [-0.39, 0.29) is 13.1 Å². The molecule has 2 nitrogen and oxygen atoms in total. The fourth-order valence-electron chi connectivity index (χ4n) is 2.03. The molecule has 0 saturated heterocycles. The van der Waals surface area contributed by atoms with Gasteiger partial charge in [0.25, 0.3) is 0 Å². The molecule has 1 aromatic rings. The van der Waals surface area contributed by atoms with Crippen LogP contribution in [0.5, 0.6) is 0 Å². The van der Waals surface area contributed by atoms with E-state index in [1.165, 1.54) is 6.08 Å². The number of hydrogen-bond acceptors (Lipinski definition) is 1. The molecule has 0 aromatic heterocycles. The summed E-state index contributed by atoms with van der Waals surface area (Å²) in [6.45, 7) is 5.18. The minimum Gasteiger partial charge on any atom is -0.331 e. The van der Waals surface area contributed by atoms with E-state index in [4.69, 9.17) is 11.6 Å². The standard InChI is InChI=1S/C15H17ClF3NO/c1-3-8-20(14(21)15(17,18)19)9-7-12-5-6-13(16)10-11(12)4-2/h3,5-6,10H,1,4,7-9H2,2H3. The number of halogens is 4. The summed E-state index contributed by atoms with van der Waals surface area (Å²) in [7, 11) is 0. The number of hydrogen-bond donors (Lipinski definition) is 0. The summed E-state index contributed by atoms with van der Waals surface area (Å²) in [5.41, 5.74) is 1.87. The van der Waals surface area contributed by atoms with Gasteiger partial charge in [0.05, 0.1) is 0 Å². The quantitative estimate of drug-likeness (QED) is 0.725. The number of carbonyl (C=O) groups is 1. The summed E-state index contributed by atoms with van der Waals surface area (Å²) in [5, 5.41) is 0.588. The predicted molar refractivity (Wildman–Crippen MR) is 77.4 cm³/mol. The maximum atomic E-state index is 12.5. The molecule has 1 aromatic carbocycles. The topological polar surface area (TPSA) is 20.3 Å². The van der Waals surface area contributed by atoms with Crippen molar-refractivity contribution in [1.29, 1.82) is 0 Å². The molecule has 0 heterocycles. The van der Waals surface area contributed by atoms with Gasteiger partial charge in [0.15, 0.2) is 0 Å². The molecule has 0 atom stereocenters. The molecule has 1 amide bonds. The van der Waals surface area contributed by atoms with Crippen LogP contribution < -0.4 is 0 Å². The van der Waals surface area contributed by atoms with E-state index in [2.05, 4.69) is 6.58 Å². The summed E-state index contributed by atoms with van der Waals surface area (Å²) >= 11 is 5.89. The van der Waals surface area contributed by atoms with Gasteiger partial charge in [-0.2, -0.15) is 13.2 Å². The number of alkyl halides is 3. The van der Waals surface area contributed by atoms with Gasteiger partial charge in [-0.25, -0.2) is 0 Å². The summed E-state index contributed by atoms with van der Waals surface area (Å²) in [6, 6.07) is 5.27. The molecule has 0 N–H and O–H groups in total. The van der Waals surface area contributed by atoms with Gasteiger partial charge in [-0.1, -0.05) is 30.7 Å². The van der Waals surface area contributed by atoms with E-state index in [1.54, 1.807) is 18.2 Å². The molecular weight excluding hydrogens is 303 g/mol. The molecule has 0 aliphatic carbocycles. The van der Waals surface area contributed by atoms with Crippen LogP contribution in [0, 0.1) is 0 Å². The highest BCUT2D eigenvalue weighted by molar-refractivity contribution is 6.30. The van der Waals surface area contributed by atoms with Crippen LogP contribution in [0.25, 0.3) is 0 Å². The van der Waals surface area contributed by atoms with Crippen LogP contribution in [0.4, 0.5) is 13.2 Å². The smallest absolute Gasteiger partial charge is 0.331 e. The molecule has 0 unspecified atom stereocenters. The van der Waals surface area contributed by atoms with Crippen molar-refractivity contribution >= 4 is 17.5 Å². The maximum Gasteiger partial charge on any atom is 0.471 e. The summed E-state index contributed by atoms with van der Waals surface area (Å²) in [5.74, 6) is -1.84. The first-order valence-electron chi connectivity index (χ1n) is 6.53. The second-order valence-electron chi connectivity index (χ2n) is 4.55. The van der Waals surface area contributed by atoms with Gasteiger partial charge < -0.3 is 4.90 Å². The Labute approximate surface area is 127 Å². The van der Waals surface area contributed by atoms with Crippen LogP contribution >= 0.6 is 11.6 Å². The lowest BCUT2D eigenvalue weighted by Gasteiger charge is -2.22. The van der Waals surface area contributed by atoms with Crippen molar-refractivity contribution in [3.05, 3.63) is 47.0 Å². The van der Waals surface area contributed by atoms with E-state index in [0.29, 0.717) is 11.4 Å². The number of amides is 1. The van der Waals surface area contributed by atoms with Crippen LogP contribution in [0.15, 0.2) is 30.9 Å². The van der Waals surface area contributed by atoms with Crippen LogP contribution in [-0.2, 0) is 17.6 Å². The van der Waals surface area contributed by atoms with Gasteiger partial charge in [0.1, 0.15) is 0 Å². The van der Waals surface area contributed by atoms with Crippen molar-refractivity contribution in [2.45, 2.75) is 25.9 Å². The Bertz CT molecular complexity index is 514. The Balaban J connectivity index is 2.83. The van der Waals surface area contributed by atoms with Gasteiger partial charge >= 0.3 is 12.1 Å². The molecule has 1 rings (SSSR count). The first kappa shape index (κ1) is 17.6. The van der Waals surface area contributed by atoms with E-state index in [0.717, 1.165) is 22.4 Å². The van der Waals surface area contributed by atoms with Gasteiger partial charge in [-0.15, -0.1) is 6.58 Å². The molecular formula is C15H17ClF3NO. The van der Waals surface area contributed by atoms with Crippen LogP contribution in [0.3, 0.4) is 0 Å². The van der Waals surface area contributed by atoms with Crippen molar-refractivity contribution in [2.24, 2.45) is 0 Å². The molecule has 6 heteroatoms. The van der Waals surface area contributed by atoms with Crippen molar-refractivity contribution in [1.82, 2.24) is 4.90 Å². The first-order chi connectivity index (χ1) is 9.79. The highest BCUT2D eigenvalue weighted by Crippen LogP contribution is 2.20. The lowest BCUT2D eigenvalue weighted by Crippen LogP contribution is -2.42. The van der Waals surface area contributed by atoms with Gasteiger partial charge in [0, 0.05) is 18.1 Å². The van der Waals surface area contributed by atoms with Crippen LogP contribution in [0.2, 0.25) is 5.02 Å². The van der Waals surface area contributed by atoms with E-state index >= 15 is 0 Å². The average molecular weight is 320 g/mol. The largest absolute Gasteiger partial charge is 0.471 e. The highest BCUT2D eigenvalue weighted by atomic mass is 35.5. The number of carbonyl (C=O) groups excluding carboxylic acids is 1. The second kappa shape index (κ2) is 7.50. The molecule has 0 bridgehead atoms. The van der Waals surface area contributed by atoms with E-state index in [9.17, 15) is 18.0 Å². The van der Waals surface area contributed by atoms with Crippen LogP contribution in [-0.4, -0.2) is 30.1 Å². The third-order valence-corrected chi connectivity index (χ3v) is 3.31. The maximum absolute atomic E-state index is 12.5. The van der Waals surface area contributed by atoms with Gasteiger partial charge in [0.2, 0.25) is 0 Å². The second-order valence-corrected chi connectivity index (χ2v) is 4.99. The number of nitrogens with zero attached hydrogens (tertiary/aromatic N) is 1. The third-order valence-electron chi connectivity index (χ3n) is 3.08. The monoisotopic (exact) mass is 319 g/mol. The van der Waals surface area contributed by atoms with E-state index < -0.39 is 12.1 Å². The van der Waals surface area contributed by atoms with Crippen LogP contribution in [0.1, 0.15) is 18.1 Å². The average Bonchev–Trinajstić information content (AvgIpc) is 2.42. The summed E-state index contributed by atoms with van der Waals surface area (Å²) < 4.78 is 37.5. The Morgan fingerprint density at radius 3 is 2.57 bits per heavy atom. The summed E-state index contributed by atoms with van der Waals surface area (Å²) in [6.07, 6.45) is -2.51. The zero-order valence-corrected chi connectivity index (χ0v) is 12.5. The molecule has 0 aliphatic heterocycles. The van der Waals surface area contributed by atoms with Crippen molar-refractivity contribution in [3.63, 3.8) is 0 Å². The number of rotatable bonds is 6. The zero-order valence-electron chi connectivity index (χ0n) is 11.7. The fourth-order valence-corrected chi connectivity index (χ4v) is 2.23. The van der Waals surface area contributed by atoms with Gasteiger partial charge in [-0.05, 0) is 36.1 Å². The minimum atomic E-state index is -4.86. The van der Waals surface area contributed by atoms with Gasteiger partial charge in [-0.3, -0.25) is 4.79 Å². The Morgan fingerprint density at radius 1 is 1.38 bits per heavy atom. The normalized spacial score (nSPS) is 11.3. The SMILES string of the molecule is C=CCN(CCc1ccc(Cl)cc1CC)C(=O)C(F)(F)F. The Morgan fingerprint density at radius 2 is 2.05 bits per heavy atom. The molecule has 0 radical (unpaired) electrons. The summed E-state index contributed by atoms with van der Waals surface area (Å²) in [4.78, 5) is 12.1. The fraction of sp³-hybridized carbons (Fsp3) is 0.400. The van der Waals surface area contributed by atoms with Crippen molar-refractivity contribution < 1.29 is 18.0 Å². The number of aryl methyl sites for hydroxylation is 1. The molecule has 0 spiro atoms. The molecule has 116 valence electrons. The van der Waals surface area contributed by atoms with Crippen molar-refractivity contribution in [3.8, 4) is 0 Å². The minimum absolute atomic E-state index is 0.0149. The molecule has 0 saturated carbocycles. The third kappa shape index (κ3) is 5.08. The Kier molecular flexibility index (Phi) is 6.27. The highest BCUT2D eigenvalue weighted by Gasteiger charge is 2.41. The zero-order chi connectivity index (χ0) is 16.0. The molecule has 21 heavy (non-hydrogen) atoms. The first-order valence-corrected chi connectivity index (χ1v) is 6.91. The molecule has 0 aliphatic rings. The van der Waals surface area contributed by atoms with E-state index in [1.807, 2.05) is 6.92 Å². The number of benzene rings is 1. The molecule has 0 fully saturated rings. The Hall–Kier alpha value is -1.49.